The Morgan fingerprint density at radius 3 is 2.61 bits per heavy atom. The zero-order chi connectivity index (χ0) is 21.4. The average Bonchev–Trinajstić information content (AvgIpc) is 2.77. The van der Waals surface area contributed by atoms with Crippen LogP contribution in [0.25, 0.3) is 0 Å². The Balaban J connectivity index is 1.42. The normalized spacial score (nSPS) is 17.6. The number of nitrogens with one attached hydrogen (secondary N) is 1. The number of fused-ring (bicyclic) bond motifs is 1. The molecule has 2 amide bonds. The van der Waals surface area contributed by atoms with Crippen molar-refractivity contribution in [2.45, 2.75) is 19.0 Å². The maximum absolute atomic E-state index is 13.2. The number of hydrogen-bond donors (Lipinski definition) is 1. The molecule has 5 rings (SSSR count). The van der Waals surface area contributed by atoms with E-state index < -0.39 is 0 Å². The van der Waals surface area contributed by atoms with Gasteiger partial charge < -0.3 is 15.1 Å². The van der Waals surface area contributed by atoms with Crippen LogP contribution in [0.4, 0.5) is 11.5 Å². The summed E-state index contributed by atoms with van der Waals surface area (Å²) in [6.07, 6.45) is 2.53. The summed E-state index contributed by atoms with van der Waals surface area (Å²) in [5, 5.41) is 3.69. The Kier molecular flexibility index (Phi) is 5.08. The minimum Gasteiger partial charge on any atom is -0.359 e. The van der Waals surface area contributed by atoms with Gasteiger partial charge in [0.25, 0.3) is 5.91 Å². The number of halogens is 1. The summed E-state index contributed by atoms with van der Waals surface area (Å²) in [6.45, 7) is 1.27. The van der Waals surface area contributed by atoms with Crippen LogP contribution in [-0.2, 0) is 11.3 Å². The number of anilines is 2. The molecule has 2 aliphatic rings. The lowest BCUT2D eigenvalue weighted by atomic mass is 9.94. The van der Waals surface area contributed by atoms with Crippen LogP contribution in [0.15, 0.2) is 66.9 Å². The number of aromatic nitrogens is 1. The van der Waals surface area contributed by atoms with Gasteiger partial charge in [-0.1, -0.05) is 54.1 Å². The van der Waals surface area contributed by atoms with Crippen molar-refractivity contribution < 1.29 is 9.59 Å². The van der Waals surface area contributed by atoms with Crippen LogP contribution in [0.5, 0.6) is 0 Å². The molecule has 1 aromatic heterocycles. The molecule has 0 bridgehead atoms. The minimum atomic E-state index is -0.0696. The molecule has 1 saturated heterocycles. The summed E-state index contributed by atoms with van der Waals surface area (Å²) in [6, 6.07) is 19.3. The molecule has 3 aromatic rings. The molecule has 1 unspecified atom stereocenters. The summed E-state index contributed by atoms with van der Waals surface area (Å²) < 4.78 is 0. The Bertz CT molecular complexity index is 1130. The van der Waals surface area contributed by atoms with Crippen LogP contribution in [0.2, 0.25) is 5.02 Å². The predicted molar refractivity (Wildman–Crippen MR) is 120 cm³/mol. The first-order valence-electron chi connectivity index (χ1n) is 10.2. The van der Waals surface area contributed by atoms with Crippen LogP contribution in [-0.4, -0.2) is 34.8 Å². The van der Waals surface area contributed by atoms with Gasteiger partial charge in [-0.05, 0) is 35.7 Å². The lowest BCUT2D eigenvalue weighted by Gasteiger charge is -2.41. The number of carbonyl (C=O) groups is 2. The minimum absolute atomic E-state index is 0.0695. The smallest absolute Gasteiger partial charge is 0.256 e. The van der Waals surface area contributed by atoms with E-state index in [0.29, 0.717) is 35.2 Å². The zero-order valence-electron chi connectivity index (χ0n) is 16.8. The van der Waals surface area contributed by atoms with E-state index in [1.807, 2.05) is 47.4 Å². The second kappa shape index (κ2) is 8.04. The number of rotatable bonds is 4. The molecule has 0 saturated carbocycles. The number of pyridine rings is 1. The van der Waals surface area contributed by atoms with Crippen LogP contribution in [0, 0.1) is 0 Å². The summed E-state index contributed by atoms with van der Waals surface area (Å²) in [7, 11) is 0. The van der Waals surface area contributed by atoms with E-state index in [1.165, 1.54) is 0 Å². The van der Waals surface area contributed by atoms with Crippen molar-refractivity contribution in [2.75, 3.05) is 23.3 Å². The number of likely N-dealkylation sites (tertiary alicyclic amines) is 1. The Morgan fingerprint density at radius 2 is 1.90 bits per heavy atom. The Labute approximate surface area is 185 Å². The van der Waals surface area contributed by atoms with Crippen molar-refractivity contribution in [1.29, 1.82) is 0 Å². The van der Waals surface area contributed by atoms with E-state index in [4.69, 9.17) is 11.6 Å². The fourth-order valence-corrected chi connectivity index (χ4v) is 4.19. The maximum atomic E-state index is 13.2. The third kappa shape index (κ3) is 3.75. The van der Waals surface area contributed by atoms with Gasteiger partial charge in [0, 0.05) is 17.8 Å². The fourth-order valence-electron chi connectivity index (χ4n) is 4.06. The molecule has 7 heteroatoms. The molecule has 156 valence electrons. The molecule has 0 aliphatic carbocycles. The van der Waals surface area contributed by atoms with E-state index in [2.05, 4.69) is 10.3 Å². The molecule has 1 fully saturated rings. The van der Waals surface area contributed by atoms with Crippen molar-refractivity contribution in [3.8, 4) is 0 Å². The van der Waals surface area contributed by atoms with Gasteiger partial charge in [-0.25, -0.2) is 4.98 Å². The lowest BCUT2D eigenvalue weighted by Crippen LogP contribution is -2.45. The summed E-state index contributed by atoms with van der Waals surface area (Å²) in [5.41, 5.74) is 3.19. The van der Waals surface area contributed by atoms with Gasteiger partial charge in [0.05, 0.1) is 30.4 Å². The van der Waals surface area contributed by atoms with E-state index in [0.717, 1.165) is 17.5 Å². The van der Waals surface area contributed by atoms with Crippen molar-refractivity contribution in [2.24, 2.45) is 0 Å². The predicted octanol–water partition coefficient (Wildman–Crippen LogP) is 4.28. The van der Waals surface area contributed by atoms with E-state index in [1.54, 1.807) is 29.3 Å². The third-order valence-corrected chi connectivity index (χ3v) is 6.08. The standard InChI is InChI=1S/C24H21ClN4O2/c25-19-8-6-16(7-9-19)15-29-21-12-18(13-26-23(21)27-14-22(29)30)24(31)28-11-10-20(28)17-4-2-1-3-5-17/h1-9,12-13,20H,10-11,14-15H2,(H,26,27). The molecule has 1 atom stereocenters. The summed E-state index contributed by atoms with van der Waals surface area (Å²) in [5.74, 6) is 0.466. The van der Waals surface area contributed by atoms with Crippen LogP contribution in [0.3, 0.4) is 0 Å². The summed E-state index contributed by atoms with van der Waals surface area (Å²) in [4.78, 5) is 33.9. The highest BCUT2D eigenvalue weighted by Crippen LogP contribution is 2.36. The van der Waals surface area contributed by atoms with Gasteiger partial charge in [0.2, 0.25) is 5.91 Å². The van der Waals surface area contributed by atoms with Crippen LogP contribution < -0.4 is 10.2 Å². The maximum Gasteiger partial charge on any atom is 0.256 e. The number of hydrogen-bond acceptors (Lipinski definition) is 4. The van der Waals surface area contributed by atoms with Crippen LogP contribution >= 0.6 is 11.6 Å². The topological polar surface area (TPSA) is 65.5 Å². The molecule has 6 nitrogen and oxygen atoms in total. The molecule has 1 N–H and O–H groups in total. The van der Waals surface area contributed by atoms with Crippen LogP contribution in [0.1, 0.15) is 33.9 Å². The molecule has 0 spiro atoms. The second-order valence-corrected chi connectivity index (χ2v) is 8.20. The third-order valence-electron chi connectivity index (χ3n) is 5.83. The Hall–Kier alpha value is -3.38. The van der Waals surface area contributed by atoms with Gasteiger partial charge in [0.1, 0.15) is 0 Å². The van der Waals surface area contributed by atoms with Gasteiger partial charge in [0.15, 0.2) is 5.82 Å². The first kappa shape index (κ1) is 19.6. The molecule has 2 aromatic carbocycles. The van der Waals surface area contributed by atoms with Crippen molar-refractivity contribution in [3.63, 3.8) is 0 Å². The number of amides is 2. The first-order chi connectivity index (χ1) is 15.1. The van der Waals surface area contributed by atoms with Crippen molar-refractivity contribution in [1.82, 2.24) is 9.88 Å². The average molecular weight is 433 g/mol. The number of nitrogens with zero attached hydrogens (tertiary/aromatic N) is 3. The highest BCUT2D eigenvalue weighted by Gasteiger charge is 2.35. The van der Waals surface area contributed by atoms with Gasteiger partial charge in [-0.15, -0.1) is 0 Å². The molecular formula is C24H21ClN4O2. The highest BCUT2D eigenvalue weighted by atomic mass is 35.5. The second-order valence-electron chi connectivity index (χ2n) is 7.77. The number of carbonyl (C=O) groups excluding carboxylic acids is 2. The van der Waals surface area contributed by atoms with Crippen molar-refractivity contribution in [3.05, 3.63) is 88.6 Å². The van der Waals surface area contributed by atoms with E-state index in [9.17, 15) is 9.59 Å². The molecular weight excluding hydrogens is 412 g/mol. The zero-order valence-corrected chi connectivity index (χ0v) is 17.5. The van der Waals surface area contributed by atoms with E-state index >= 15 is 0 Å². The summed E-state index contributed by atoms with van der Waals surface area (Å²) >= 11 is 5.98. The first-order valence-corrected chi connectivity index (χ1v) is 10.6. The molecule has 3 heterocycles. The van der Waals surface area contributed by atoms with Gasteiger partial charge in [-0.3, -0.25) is 9.59 Å². The molecule has 31 heavy (non-hydrogen) atoms. The monoisotopic (exact) mass is 432 g/mol. The van der Waals surface area contributed by atoms with Gasteiger partial charge in [-0.2, -0.15) is 0 Å². The quantitative estimate of drug-likeness (QED) is 0.668. The molecule has 0 radical (unpaired) electrons. The Morgan fingerprint density at radius 1 is 1.13 bits per heavy atom. The highest BCUT2D eigenvalue weighted by molar-refractivity contribution is 6.30. The molecule has 2 aliphatic heterocycles. The lowest BCUT2D eigenvalue weighted by molar-refractivity contribution is -0.117. The fraction of sp³-hybridized carbons (Fsp3) is 0.208. The van der Waals surface area contributed by atoms with Crippen molar-refractivity contribution >= 4 is 34.9 Å². The van der Waals surface area contributed by atoms with Gasteiger partial charge >= 0.3 is 0 Å². The largest absolute Gasteiger partial charge is 0.359 e. The number of benzene rings is 2. The van der Waals surface area contributed by atoms with E-state index in [-0.39, 0.29) is 24.4 Å². The SMILES string of the molecule is O=C1CNc2ncc(C(=O)N3CCC3c3ccccc3)cc2N1Cc1ccc(Cl)cc1.